The zero-order chi connectivity index (χ0) is 36.9. The smallest absolute Gasteiger partial charge is 0.229 e. The maximum atomic E-state index is 13.4. The van der Waals surface area contributed by atoms with Crippen molar-refractivity contribution in [2.24, 2.45) is 21.7 Å². The van der Waals surface area contributed by atoms with Crippen molar-refractivity contribution in [2.45, 2.75) is 116 Å². The number of carbonyl (C=O) groups excluding carboxylic acids is 2. The van der Waals surface area contributed by atoms with Crippen LogP contribution < -0.4 is 10.6 Å². The lowest BCUT2D eigenvalue weighted by molar-refractivity contribution is -0.137. The molecule has 0 bridgehead atoms. The van der Waals surface area contributed by atoms with E-state index in [1.54, 1.807) is 27.7 Å². The molecule has 10 heteroatoms. The number of nitrogens with one attached hydrogen (secondary N) is 4. The molecule has 6 N–H and O–H groups in total. The third-order valence-corrected chi connectivity index (χ3v) is 13.2. The third kappa shape index (κ3) is 5.97. The van der Waals surface area contributed by atoms with Gasteiger partial charge in [0.25, 0.3) is 0 Å². The molecule has 4 aromatic rings. The minimum atomic E-state index is -1.07. The summed E-state index contributed by atoms with van der Waals surface area (Å²) >= 11 is 0. The number of H-pyrrole nitrogens is 2. The number of imidazole rings is 2. The molecule has 2 aromatic heterocycles. The SMILES string of the molecule is CC1(C(NC(=O)C2(C(C)(C)O)CC2)c2ncc(-c3ccc(-c4ccc(-c5cnc([C@@H](NC(=O)C6(C(C)(C)O)CC6)C6(C)CC6)[nH]5)cc4)cc3)[nH]2)CC1. The molecule has 0 saturated heterocycles. The van der Waals surface area contributed by atoms with Gasteiger partial charge in [-0.2, -0.15) is 0 Å². The number of aromatic nitrogens is 4. The van der Waals surface area contributed by atoms with Crippen molar-refractivity contribution in [3.63, 3.8) is 0 Å². The van der Waals surface area contributed by atoms with E-state index in [0.717, 1.165) is 71.0 Å². The van der Waals surface area contributed by atoms with E-state index in [1.807, 2.05) is 12.4 Å². The zero-order valence-electron chi connectivity index (χ0n) is 31.2. The fraction of sp³-hybridized carbons (Fsp3) is 0.524. The average Bonchev–Trinajstić information content (AvgIpc) is 3.97. The molecule has 8 rings (SSSR count). The van der Waals surface area contributed by atoms with Gasteiger partial charge < -0.3 is 30.8 Å². The first-order valence-electron chi connectivity index (χ1n) is 18.8. The Morgan fingerprint density at radius 3 is 1.17 bits per heavy atom. The van der Waals surface area contributed by atoms with Crippen molar-refractivity contribution >= 4 is 11.8 Å². The van der Waals surface area contributed by atoms with Crippen LogP contribution in [0, 0.1) is 21.7 Å². The summed E-state index contributed by atoms with van der Waals surface area (Å²) in [5.74, 6) is 1.32. The molecule has 2 heterocycles. The van der Waals surface area contributed by atoms with Gasteiger partial charge in [-0.15, -0.1) is 0 Å². The highest BCUT2D eigenvalue weighted by molar-refractivity contribution is 5.87. The summed E-state index contributed by atoms with van der Waals surface area (Å²) in [5.41, 5.74) is 2.26. The van der Waals surface area contributed by atoms with E-state index in [9.17, 15) is 19.8 Å². The van der Waals surface area contributed by atoms with E-state index < -0.39 is 22.0 Å². The van der Waals surface area contributed by atoms with Crippen LogP contribution in [0.15, 0.2) is 60.9 Å². The van der Waals surface area contributed by atoms with Gasteiger partial charge in [-0.1, -0.05) is 62.4 Å². The first-order valence-corrected chi connectivity index (χ1v) is 18.8. The molecule has 2 amide bonds. The van der Waals surface area contributed by atoms with E-state index in [2.05, 4.69) is 83.0 Å². The predicted molar refractivity (Wildman–Crippen MR) is 199 cm³/mol. The molecular formula is C42H52N6O4. The number of rotatable bonds is 13. The van der Waals surface area contributed by atoms with Crippen molar-refractivity contribution in [2.75, 3.05) is 0 Å². The number of aliphatic hydroxyl groups is 2. The van der Waals surface area contributed by atoms with Crippen LogP contribution in [0.3, 0.4) is 0 Å². The van der Waals surface area contributed by atoms with Crippen molar-refractivity contribution in [1.82, 2.24) is 30.6 Å². The van der Waals surface area contributed by atoms with E-state index in [0.29, 0.717) is 25.7 Å². The Morgan fingerprint density at radius 2 is 0.904 bits per heavy atom. The number of hydrogen-bond donors (Lipinski definition) is 6. The third-order valence-electron chi connectivity index (χ3n) is 13.2. The van der Waals surface area contributed by atoms with Gasteiger partial charge >= 0.3 is 0 Å². The van der Waals surface area contributed by atoms with Crippen LogP contribution >= 0.6 is 0 Å². The molecule has 274 valence electrons. The summed E-state index contributed by atoms with van der Waals surface area (Å²) in [7, 11) is 0. The molecule has 52 heavy (non-hydrogen) atoms. The number of amides is 2. The predicted octanol–water partition coefficient (Wildman–Crippen LogP) is 7.15. The highest BCUT2D eigenvalue weighted by Gasteiger charge is 2.62. The fourth-order valence-electron chi connectivity index (χ4n) is 8.08. The highest BCUT2D eigenvalue weighted by Crippen LogP contribution is 2.59. The standard InChI is InChI=1S/C42H52N6O4/c1-37(2,51)41(19-20-41)35(49)47-31(39(5)15-16-39)33-43-23-29(45-33)27-11-7-25(8-12-27)26-9-13-28(14-10-26)30-24-44-34(46-30)32(40(6)17-18-40)48-36(50)42(21-22-42)38(3,4)52/h7-14,23-24,31-32,51-52H,15-22H2,1-6H3,(H,43,45)(H,44,46)(H,47,49)(H,48,50)/t31-,32?/m1/s1. The quantitative estimate of drug-likeness (QED) is 0.0869. The minimum Gasteiger partial charge on any atom is -0.389 e. The van der Waals surface area contributed by atoms with E-state index in [1.165, 1.54) is 0 Å². The fourth-order valence-corrected chi connectivity index (χ4v) is 8.08. The van der Waals surface area contributed by atoms with Crippen LogP contribution in [-0.4, -0.2) is 53.2 Å². The van der Waals surface area contributed by atoms with Gasteiger partial charge in [0.05, 0.1) is 57.9 Å². The van der Waals surface area contributed by atoms with Gasteiger partial charge in [-0.25, -0.2) is 9.97 Å². The van der Waals surface area contributed by atoms with Crippen LogP contribution in [0.1, 0.15) is 117 Å². The second-order valence-electron chi connectivity index (χ2n) is 17.9. The first kappa shape index (κ1) is 34.8. The summed E-state index contributed by atoms with van der Waals surface area (Å²) in [6.07, 6.45) is 10.5. The second kappa shape index (κ2) is 11.6. The highest BCUT2D eigenvalue weighted by atomic mass is 16.3. The summed E-state index contributed by atoms with van der Waals surface area (Å²) in [4.78, 5) is 43.3. The van der Waals surface area contributed by atoms with Gasteiger partial charge in [0.2, 0.25) is 11.8 Å². The van der Waals surface area contributed by atoms with Gasteiger partial charge in [0.1, 0.15) is 11.6 Å². The van der Waals surface area contributed by atoms with Gasteiger partial charge in [-0.3, -0.25) is 9.59 Å². The molecule has 0 aliphatic heterocycles. The lowest BCUT2D eigenvalue weighted by atomic mass is 9.85. The Morgan fingerprint density at radius 1 is 0.596 bits per heavy atom. The number of benzene rings is 2. The normalized spacial score (nSPS) is 21.5. The molecule has 1 unspecified atom stereocenters. The van der Waals surface area contributed by atoms with Crippen LogP contribution in [-0.2, 0) is 9.59 Å². The van der Waals surface area contributed by atoms with Crippen molar-refractivity contribution in [3.05, 3.63) is 72.6 Å². The number of aromatic amines is 2. The topological polar surface area (TPSA) is 156 Å². The van der Waals surface area contributed by atoms with Crippen LogP contribution in [0.2, 0.25) is 0 Å². The lowest BCUT2D eigenvalue weighted by Crippen LogP contribution is -2.47. The molecule has 10 nitrogen and oxygen atoms in total. The molecule has 0 radical (unpaired) electrons. The molecule has 4 fully saturated rings. The van der Waals surface area contributed by atoms with Crippen molar-refractivity contribution in [3.8, 4) is 33.6 Å². The van der Waals surface area contributed by atoms with Gasteiger partial charge in [-0.05, 0) is 112 Å². The number of nitrogens with zero attached hydrogens (tertiary/aromatic N) is 2. The number of carbonyl (C=O) groups is 2. The Balaban J connectivity index is 0.948. The molecule has 4 aliphatic rings. The van der Waals surface area contributed by atoms with E-state index in [-0.39, 0.29) is 34.7 Å². The Hall–Kier alpha value is -4.28. The second-order valence-corrected chi connectivity index (χ2v) is 17.9. The first-order chi connectivity index (χ1) is 24.5. The summed E-state index contributed by atoms with van der Waals surface area (Å²) in [6, 6.07) is 16.2. The average molecular weight is 705 g/mol. The minimum absolute atomic E-state index is 0.0570. The van der Waals surface area contributed by atoms with Crippen molar-refractivity contribution in [1.29, 1.82) is 0 Å². The number of hydrogen-bond acceptors (Lipinski definition) is 6. The van der Waals surface area contributed by atoms with Crippen molar-refractivity contribution < 1.29 is 19.8 Å². The molecule has 2 atom stereocenters. The maximum Gasteiger partial charge on any atom is 0.229 e. The van der Waals surface area contributed by atoms with Crippen LogP contribution in [0.25, 0.3) is 33.6 Å². The van der Waals surface area contributed by atoms with E-state index in [4.69, 9.17) is 9.97 Å². The Bertz CT molecular complexity index is 1850. The Labute approximate surface area is 305 Å². The maximum absolute atomic E-state index is 13.4. The monoisotopic (exact) mass is 704 g/mol. The Kier molecular flexibility index (Phi) is 7.77. The van der Waals surface area contributed by atoms with E-state index >= 15 is 0 Å². The summed E-state index contributed by atoms with van der Waals surface area (Å²) < 4.78 is 0. The molecular weight excluding hydrogens is 652 g/mol. The van der Waals surface area contributed by atoms with Gasteiger partial charge in [0, 0.05) is 0 Å². The summed E-state index contributed by atoms with van der Waals surface area (Å²) in [6.45, 7) is 11.3. The lowest BCUT2D eigenvalue weighted by Gasteiger charge is -2.31. The van der Waals surface area contributed by atoms with Gasteiger partial charge in [0.15, 0.2) is 0 Å². The molecule has 4 aliphatic carbocycles. The molecule has 4 saturated carbocycles. The van der Waals surface area contributed by atoms with Crippen LogP contribution in [0.5, 0.6) is 0 Å². The zero-order valence-corrected chi connectivity index (χ0v) is 31.2. The largest absolute Gasteiger partial charge is 0.389 e. The molecule has 2 aromatic carbocycles. The van der Waals surface area contributed by atoms with Crippen LogP contribution in [0.4, 0.5) is 0 Å². The summed E-state index contributed by atoms with van der Waals surface area (Å²) in [5, 5.41) is 28.0. The molecule has 0 spiro atoms.